The molecule has 0 aliphatic carbocycles. The van der Waals surface area contributed by atoms with E-state index in [-0.39, 0.29) is 0 Å². The second-order valence-electron chi connectivity index (χ2n) is 3.50. The van der Waals surface area contributed by atoms with Crippen molar-refractivity contribution < 1.29 is 22.7 Å². The van der Waals surface area contributed by atoms with E-state index in [1.54, 1.807) is 13.8 Å². The Morgan fingerprint density at radius 3 is 2.31 bits per heavy atom. The molecular weight excluding hydrogens is 221 g/mol. The highest BCUT2D eigenvalue weighted by molar-refractivity contribution is 5.91. The van der Waals surface area contributed by atoms with Gasteiger partial charge in [-0.1, -0.05) is 12.1 Å². The van der Waals surface area contributed by atoms with Crippen molar-refractivity contribution in [3.8, 4) is 0 Å². The molecule has 0 aliphatic rings. The van der Waals surface area contributed by atoms with Crippen molar-refractivity contribution in [2.75, 3.05) is 0 Å². The normalized spacial score (nSPS) is 11.6. The van der Waals surface area contributed by atoms with Crippen LogP contribution >= 0.6 is 0 Å². The van der Waals surface area contributed by atoms with E-state index < -0.39 is 29.4 Å². The van der Waals surface area contributed by atoms with Crippen LogP contribution < -0.4 is 0 Å². The number of alkyl halides is 3. The third-order valence-electron chi connectivity index (χ3n) is 1.80. The molecule has 88 valence electrons. The predicted molar refractivity (Wildman–Crippen MR) is 52.0 cm³/mol. The summed E-state index contributed by atoms with van der Waals surface area (Å²) in [6, 6.07) is 4.56. The van der Waals surface area contributed by atoms with E-state index in [2.05, 4.69) is 0 Å². The molecule has 2 nitrogen and oxygen atoms in total. The van der Waals surface area contributed by atoms with Crippen molar-refractivity contribution in [3.63, 3.8) is 0 Å². The van der Waals surface area contributed by atoms with Crippen molar-refractivity contribution in [1.82, 2.24) is 0 Å². The zero-order valence-corrected chi connectivity index (χ0v) is 8.84. The number of benzene rings is 1. The smallest absolute Gasteiger partial charge is 0.417 e. The number of carbonyl (C=O) groups excluding carboxylic acids is 1. The van der Waals surface area contributed by atoms with Crippen LogP contribution in [0.4, 0.5) is 13.2 Å². The number of halogens is 3. The molecule has 0 saturated heterocycles. The van der Waals surface area contributed by atoms with Crippen LogP contribution in [-0.4, -0.2) is 12.1 Å². The molecule has 0 atom stereocenters. The van der Waals surface area contributed by atoms with Crippen molar-refractivity contribution in [3.05, 3.63) is 35.4 Å². The maximum atomic E-state index is 12.5. The minimum absolute atomic E-state index is 0.450. The molecule has 16 heavy (non-hydrogen) atoms. The average molecular weight is 232 g/mol. The van der Waals surface area contributed by atoms with Gasteiger partial charge in [0.25, 0.3) is 0 Å². The zero-order chi connectivity index (χ0) is 12.3. The first kappa shape index (κ1) is 12.5. The summed E-state index contributed by atoms with van der Waals surface area (Å²) < 4.78 is 42.3. The Bertz CT molecular complexity index is 383. The molecule has 0 saturated carbocycles. The molecule has 0 aliphatic heterocycles. The first-order valence-corrected chi connectivity index (χ1v) is 4.69. The van der Waals surface area contributed by atoms with Gasteiger partial charge in [0.05, 0.1) is 17.2 Å². The summed E-state index contributed by atoms with van der Waals surface area (Å²) in [6.45, 7) is 3.15. The molecule has 5 heteroatoms. The van der Waals surface area contributed by atoms with Crippen LogP contribution in [0.25, 0.3) is 0 Å². The highest BCUT2D eigenvalue weighted by Gasteiger charge is 2.35. The Labute approximate surface area is 91.0 Å². The third kappa shape index (κ3) is 2.98. The number of ether oxygens (including phenoxy) is 1. The van der Waals surface area contributed by atoms with Crippen LogP contribution in [0.2, 0.25) is 0 Å². The second kappa shape index (κ2) is 4.55. The lowest BCUT2D eigenvalue weighted by Gasteiger charge is -2.13. The molecule has 0 fully saturated rings. The molecule has 0 radical (unpaired) electrons. The Morgan fingerprint density at radius 1 is 1.25 bits per heavy atom. The van der Waals surface area contributed by atoms with Crippen LogP contribution in [0.1, 0.15) is 29.8 Å². The number of hydrogen-bond donors (Lipinski definition) is 0. The van der Waals surface area contributed by atoms with E-state index in [4.69, 9.17) is 4.74 Å². The zero-order valence-electron chi connectivity index (χ0n) is 8.84. The van der Waals surface area contributed by atoms with E-state index in [1.165, 1.54) is 12.1 Å². The molecule has 0 amide bonds. The topological polar surface area (TPSA) is 26.3 Å². The lowest BCUT2D eigenvalue weighted by molar-refractivity contribution is -0.138. The van der Waals surface area contributed by atoms with Gasteiger partial charge in [0.15, 0.2) is 0 Å². The van der Waals surface area contributed by atoms with Crippen LogP contribution in [0, 0.1) is 0 Å². The number of rotatable bonds is 2. The molecule has 0 N–H and O–H groups in total. The number of carbonyl (C=O) groups is 1. The maximum Gasteiger partial charge on any atom is 0.417 e. The lowest BCUT2D eigenvalue weighted by Crippen LogP contribution is -2.17. The Hall–Kier alpha value is -1.52. The van der Waals surface area contributed by atoms with E-state index in [1.807, 2.05) is 0 Å². The Morgan fingerprint density at radius 2 is 1.81 bits per heavy atom. The first-order valence-electron chi connectivity index (χ1n) is 4.69. The Balaban J connectivity index is 3.09. The minimum Gasteiger partial charge on any atom is -0.459 e. The summed E-state index contributed by atoms with van der Waals surface area (Å²) in [5.41, 5.74) is -1.43. The molecule has 1 aromatic rings. The SMILES string of the molecule is CC(C)OC(=O)c1ccccc1C(F)(F)F. The van der Waals surface area contributed by atoms with E-state index in [0.29, 0.717) is 0 Å². The van der Waals surface area contributed by atoms with E-state index in [9.17, 15) is 18.0 Å². The van der Waals surface area contributed by atoms with Gasteiger partial charge in [-0.3, -0.25) is 0 Å². The first-order chi connectivity index (χ1) is 7.32. The minimum atomic E-state index is -4.55. The summed E-state index contributed by atoms with van der Waals surface area (Å²) in [7, 11) is 0. The van der Waals surface area contributed by atoms with Gasteiger partial charge in [-0.25, -0.2) is 4.79 Å². The summed E-state index contributed by atoms with van der Waals surface area (Å²) in [4.78, 5) is 11.4. The van der Waals surface area contributed by atoms with Crippen molar-refractivity contribution in [1.29, 1.82) is 0 Å². The average Bonchev–Trinajstić information content (AvgIpc) is 2.15. The molecular formula is C11H11F3O2. The van der Waals surface area contributed by atoms with E-state index in [0.717, 1.165) is 12.1 Å². The molecule has 0 spiro atoms. The fourth-order valence-corrected chi connectivity index (χ4v) is 1.19. The highest BCUT2D eigenvalue weighted by atomic mass is 19.4. The maximum absolute atomic E-state index is 12.5. The summed E-state index contributed by atoms with van der Waals surface area (Å²) >= 11 is 0. The van der Waals surface area contributed by atoms with Crippen LogP contribution in [-0.2, 0) is 10.9 Å². The van der Waals surface area contributed by atoms with Crippen molar-refractivity contribution in [2.24, 2.45) is 0 Å². The highest BCUT2D eigenvalue weighted by Crippen LogP contribution is 2.32. The number of hydrogen-bond acceptors (Lipinski definition) is 2. The van der Waals surface area contributed by atoms with Gasteiger partial charge in [-0.05, 0) is 26.0 Å². The molecule has 0 unspecified atom stereocenters. The predicted octanol–water partition coefficient (Wildman–Crippen LogP) is 3.27. The lowest BCUT2D eigenvalue weighted by atomic mass is 10.1. The molecule has 0 bridgehead atoms. The fraction of sp³-hybridized carbons (Fsp3) is 0.364. The largest absolute Gasteiger partial charge is 0.459 e. The van der Waals surface area contributed by atoms with Gasteiger partial charge in [-0.15, -0.1) is 0 Å². The Kier molecular flexibility index (Phi) is 3.57. The van der Waals surface area contributed by atoms with Gasteiger partial charge in [0, 0.05) is 0 Å². The van der Waals surface area contributed by atoms with E-state index >= 15 is 0 Å². The van der Waals surface area contributed by atoms with Gasteiger partial charge in [0.2, 0.25) is 0 Å². The summed E-state index contributed by atoms with van der Waals surface area (Å²) in [5.74, 6) is -0.956. The quantitative estimate of drug-likeness (QED) is 0.731. The van der Waals surface area contributed by atoms with Gasteiger partial charge in [0.1, 0.15) is 0 Å². The monoisotopic (exact) mass is 232 g/mol. The van der Waals surface area contributed by atoms with Gasteiger partial charge in [-0.2, -0.15) is 13.2 Å². The standard InChI is InChI=1S/C11H11F3O2/c1-7(2)16-10(15)8-5-3-4-6-9(8)11(12,13)14/h3-7H,1-2H3. The molecule has 1 aromatic carbocycles. The van der Waals surface area contributed by atoms with Gasteiger partial charge < -0.3 is 4.74 Å². The third-order valence-corrected chi connectivity index (χ3v) is 1.80. The molecule has 1 rings (SSSR count). The van der Waals surface area contributed by atoms with Crippen LogP contribution in [0.3, 0.4) is 0 Å². The summed E-state index contributed by atoms with van der Waals surface area (Å²) in [5, 5.41) is 0. The van der Waals surface area contributed by atoms with Gasteiger partial charge >= 0.3 is 12.1 Å². The molecule has 0 heterocycles. The number of esters is 1. The van der Waals surface area contributed by atoms with Crippen LogP contribution in [0.15, 0.2) is 24.3 Å². The van der Waals surface area contributed by atoms with Crippen molar-refractivity contribution >= 4 is 5.97 Å². The summed E-state index contributed by atoms with van der Waals surface area (Å²) in [6.07, 6.45) is -5.00. The fourth-order valence-electron chi connectivity index (χ4n) is 1.19. The van der Waals surface area contributed by atoms with Crippen molar-refractivity contribution in [2.45, 2.75) is 26.1 Å². The molecule has 0 aromatic heterocycles. The second-order valence-corrected chi connectivity index (χ2v) is 3.50. The van der Waals surface area contributed by atoms with Crippen LogP contribution in [0.5, 0.6) is 0 Å².